The molecule has 2 aromatic rings. The Bertz CT molecular complexity index is 682. The average molecular weight is 296 g/mol. The van der Waals surface area contributed by atoms with Crippen LogP contribution in [0.2, 0.25) is 0 Å². The van der Waals surface area contributed by atoms with Crippen molar-refractivity contribution in [2.24, 2.45) is 0 Å². The maximum absolute atomic E-state index is 12.3. The molecule has 0 bridgehead atoms. The second kappa shape index (κ2) is 6.02. The van der Waals surface area contributed by atoms with Gasteiger partial charge in [-0.1, -0.05) is 5.16 Å². The number of hydrogen-bond donors (Lipinski definition) is 2. The molecule has 0 aromatic carbocycles. The molecule has 0 fully saturated rings. The number of aryl methyl sites for hydroxylation is 1. The number of aromatic nitrogens is 2. The minimum atomic E-state index is -3.66. The number of anilines is 1. The molecule has 0 unspecified atom stereocenters. The number of sulfonamides is 1. The predicted molar refractivity (Wildman–Crippen MR) is 73.7 cm³/mol. The lowest BCUT2D eigenvalue weighted by molar-refractivity contribution is 0.390. The average Bonchev–Trinajstić information content (AvgIpc) is 2.83. The number of rotatable bonds is 6. The van der Waals surface area contributed by atoms with Gasteiger partial charge < -0.3 is 9.84 Å². The standard InChI is InChI=1S/C12H16N4O3S/c1-3-13-12-11(5-4-6-14-12)20(17,18)15-8-10-7-9(2)19-16-10/h4-7,15H,3,8H2,1-2H3,(H,13,14). The van der Waals surface area contributed by atoms with E-state index in [-0.39, 0.29) is 11.4 Å². The van der Waals surface area contributed by atoms with Gasteiger partial charge in [0.15, 0.2) is 0 Å². The second-order valence-corrected chi connectivity index (χ2v) is 5.87. The van der Waals surface area contributed by atoms with Gasteiger partial charge in [-0.25, -0.2) is 18.1 Å². The normalized spacial score (nSPS) is 11.5. The first-order valence-corrected chi connectivity index (χ1v) is 7.62. The van der Waals surface area contributed by atoms with E-state index in [2.05, 4.69) is 20.2 Å². The van der Waals surface area contributed by atoms with Crippen molar-refractivity contribution < 1.29 is 12.9 Å². The molecule has 2 N–H and O–H groups in total. The SMILES string of the molecule is CCNc1ncccc1S(=O)(=O)NCc1cc(C)on1. The van der Waals surface area contributed by atoms with E-state index in [1.54, 1.807) is 19.1 Å². The third-order valence-electron chi connectivity index (χ3n) is 2.52. The van der Waals surface area contributed by atoms with Crippen LogP contribution in [0.4, 0.5) is 5.82 Å². The van der Waals surface area contributed by atoms with Crippen LogP contribution in [0.15, 0.2) is 33.8 Å². The highest BCUT2D eigenvalue weighted by atomic mass is 32.2. The zero-order valence-electron chi connectivity index (χ0n) is 11.3. The molecule has 0 spiro atoms. The van der Waals surface area contributed by atoms with E-state index >= 15 is 0 Å². The van der Waals surface area contributed by atoms with Crippen LogP contribution in [0, 0.1) is 6.92 Å². The molecule has 0 saturated carbocycles. The van der Waals surface area contributed by atoms with Crippen molar-refractivity contribution in [2.45, 2.75) is 25.3 Å². The first kappa shape index (κ1) is 14.5. The van der Waals surface area contributed by atoms with Gasteiger partial charge >= 0.3 is 0 Å². The highest BCUT2D eigenvalue weighted by Gasteiger charge is 2.19. The van der Waals surface area contributed by atoms with Gasteiger partial charge in [0, 0.05) is 18.8 Å². The summed E-state index contributed by atoms with van der Waals surface area (Å²) in [6, 6.07) is 4.76. The molecule has 0 radical (unpaired) electrons. The summed E-state index contributed by atoms with van der Waals surface area (Å²) in [5.74, 6) is 0.966. The monoisotopic (exact) mass is 296 g/mol. The van der Waals surface area contributed by atoms with Gasteiger partial charge in [-0.3, -0.25) is 0 Å². The molecule has 0 aliphatic rings. The summed E-state index contributed by atoms with van der Waals surface area (Å²) in [6.45, 7) is 4.27. The summed E-state index contributed by atoms with van der Waals surface area (Å²) in [6.07, 6.45) is 1.54. The Labute approximate surface area is 117 Å². The molecular weight excluding hydrogens is 280 g/mol. The van der Waals surface area contributed by atoms with Gasteiger partial charge in [0.2, 0.25) is 10.0 Å². The molecule has 0 aliphatic carbocycles. The molecule has 0 amide bonds. The van der Waals surface area contributed by atoms with Crippen molar-refractivity contribution in [1.29, 1.82) is 0 Å². The van der Waals surface area contributed by atoms with Crippen molar-refractivity contribution in [1.82, 2.24) is 14.9 Å². The highest BCUT2D eigenvalue weighted by molar-refractivity contribution is 7.89. The van der Waals surface area contributed by atoms with Crippen molar-refractivity contribution in [3.63, 3.8) is 0 Å². The van der Waals surface area contributed by atoms with Gasteiger partial charge in [-0.05, 0) is 26.0 Å². The van der Waals surface area contributed by atoms with Gasteiger partial charge in [0.25, 0.3) is 0 Å². The summed E-state index contributed by atoms with van der Waals surface area (Å²) in [7, 11) is -3.66. The molecule has 0 aliphatic heterocycles. The van der Waals surface area contributed by atoms with E-state index in [0.717, 1.165) is 0 Å². The lowest BCUT2D eigenvalue weighted by atomic mass is 10.4. The Balaban J connectivity index is 2.18. The Morgan fingerprint density at radius 2 is 2.20 bits per heavy atom. The van der Waals surface area contributed by atoms with E-state index in [1.807, 2.05) is 6.92 Å². The quantitative estimate of drug-likeness (QED) is 0.833. The fourth-order valence-electron chi connectivity index (χ4n) is 1.66. The Morgan fingerprint density at radius 3 is 2.85 bits per heavy atom. The largest absolute Gasteiger partial charge is 0.369 e. The van der Waals surface area contributed by atoms with E-state index < -0.39 is 10.0 Å². The van der Waals surface area contributed by atoms with Crippen molar-refractivity contribution in [3.8, 4) is 0 Å². The van der Waals surface area contributed by atoms with Crippen LogP contribution >= 0.6 is 0 Å². The zero-order valence-corrected chi connectivity index (χ0v) is 12.1. The van der Waals surface area contributed by atoms with Crippen LogP contribution in [-0.4, -0.2) is 25.1 Å². The topological polar surface area (TPSA) is 97.1 Å². The van der Waals surface area contributed by atoms with Crippen LogP contribution in [0.3, 0.4) is 0 Å². The lowest BCUT2D eigenvalue weighted by Gasteiger charge is -2.10. The Kier molecular flexibility index (Phi) is 4.35. The van der Waals surface area contributed by atoms with E-state index in [0.29, 0.717) is 23.8 Å². The van der Waals surface area contributed by atoms with Crippen LogP contribution in [-0.2, 0) is 16.6 Å². The number of nitrogens with zero attached hydrogens (tertiary/aromatic N) is 2. The number of hydrogen-bond acceptors (Lipinski definition) is 6. The van der Waals surface area contributed by atoms with Crippen LogP contribution in [0.1, 0.15) is 18.4 Å². The van der Waals surface area contributed by atoms with Crippen LogP contribution < -0.4 is 10.0 Å². The lowest BCUT2D eigenvalue weighted by Crippen LogP contribution is -2.24. The third kappa shape index (κ3) is 3.34. The highest BCUT2D eigenvalue weighted by Crippen LogP contribution is 2.17. The van der Waals surface area contributed by atoms with Crippen LogP contribution in [0.25, 0.3) is 0 Å². The molecular formula is C12H16N4O3S. The summed E-state index contributed by atoms with van der Waals surface area (Å²) < 4.78 is 31.9. The zero-order chi connectivity index (χ0) is 14.6. The van der Waals surface area contributed by atoms with Gasteiger partial charge in [0.05, 0.1) is 12.2 Å². The molecule has 0 saturated heterocycles. The van der Waals surface area contributed by atoms with Gasteiger partial charge in [-0.2, -0.15) is 0 Å². The van der Waals surface area contributed by atoms with Crippen molar-refractivity contribution >= 4 is 15.8 Å². The Hall–Kier alpha value is -1.93. The fraction of sp³-hybridized carbons (Fsp3) is 0.333. The number of nitrogens with one attached hydrogen (secondary N) is 2. The van der Waals surface area contributed by atoms with E-state index in [1.165, 1.54) is 12.3 Å². The minimum Gasteiger partial charge on any atom is -0.369 e. The van der Waals surface area contributed by atoms with Crippen LogP contribution in [0.5, 0.6) is 0 Å². The Morgan fingerprint density at radius 1 is 1.40 bits per heavy atom. The second-order valence-electron chi connectivity index (χ2n) is 4.13. The van der Waals surface area contributed by atoms with Crippen molar-refractivity contribution in [3.05, 3.63) is 35.9 Å². The molecule has 108 valence electrons. The molecule has 2 rings (SSSR count). The molecule has 7 nitrogen and oxygen atoms in total. The summed E-state index contributed by atoms with van der Waals surface area (Å²) in [5.41, 5.74) is 0.528. The molecule has 2 aromatic heterocycles. The summed E-state index contributed by atoms with van der Waals surface area (Å²) in [5, 5.41) is 6.66. The summed E-state index contributed by atoms with van der Waals surface area (Å²) in [4.78, 5) is 4.14. The molecule has 2 heterocycles. The maximum Gasteiger partial charge on any atom is 0.244 e. The molecule has 0 atom stereocenters. The first-order valence-electron chi connectivity index (χ1n) is 6.13. The first-order chi connectivity index (χ1) is 9.53. The fourth-order valence-corrected chi connectivity index (χ4v) is 2.79. The molecule has 8 heteroatoms. The number of pyridine rings is 1. The third-order valence-corrected chi connectivity index (χ3v) is 3.96. The summed E-state index contributed by atoms with van der Waals surface area (Å²) >= 11 is 0. The van der Waals surface area contributed by atoms with Gasteiger partial charge in [-0.15, -0.1) is 0 Å². The van der Waals surface area contributed by atoms with E-state index in [4.69, 9.17) is 4.52 Å². The predicted octanol–water partition coefficient (Wildman–Crippen LogP) is 1.29. The van der Waals surface area contributed by atoms with Crippen molar-refractivity contribution in [2.75, 3.05) is 11.9 Å². The van der Waals surface area contributed by atoms with Gasteiger partial charge in [0.1, 0.15) is 16.5 Å². The van der Waals surface area contributed by atoms with E-state index in [9.17, 15) is 8.42 Å². The smallest absolute Gasteiger partial charge is 0.244 e. The minimum absolute atomic E-state index is 0.0696. The molecule has 20 heavy (non-hydrogen) atoms. The maximum atomic E-state index is 12.3.